The van der Waals surface area contributed by atoms with E-state index in [9.17, 15) is 9.59 Å². The van der Waals surface area contributed by atoms with Crippen molar-refractivity contribution in [1.29, 1.82) is 0 Å². The molecule has 2 saturated heterocycles. The van der Waals surface area contributed by atoms with Crippen LogP contribution in [0.2, 0.25) is 0 Å². The van der Waals surface area contributed by atoms with Gasteiger partial charge in [0.05, 0.1) is 17.9 Å². The molecule has 2 aromatic carbocycles. The summed E-state index contributed by atoms with van der Waals surface area (Å²) in [7, 11) is 2.11. The van der Waals surface area contributed by atoms with Gasteiger partial charge in [-0.25, -0.2) is 4.79 Å². The van der Waals surface area contributed by atoms with Gasteiger partial charge in [-0.05, 0) is 69.6 Å². The summed E-state index contributed by atoms with van der Waals surface area (Å²) in [4.78, 5) is 29.5. The molecule has 0 radical (unpaired) electrons. The van der Waals surface area contributed by atoms with E-state index < -0.39 is 0 Å². The molecule has 6 heteroatoms. The number of thioether (sulfide) groups is 1. The van der Waals surface area contributed by atoms with Gasteiger partial charge in [0.1, 0.15) is 5.37 Å². The number of anilines is 1. The topological polar surface area (TPSA) is 49.9 Å². The van der Waals surface area contributed by atoms with Crippen LogP contribution in [0.1, 0.15) is 45.3 Å². The van der Waals surface area contributed by atoms with Gasteiger partial charge in [-0.15, -0.1) is 11.8 Å². The highest BCUT2D eigenvalue weighted by Crippen LogP contribution is 2.42. The third-order valence-electron chi connectivity index (χ3n) is 6.09. The molecular weight excluding hydrogens is 408 g/mol. The van der Waals surface area contributed by atoms with Crippen LogP contribution in [0, 0.1) is 19.8 Å². The van der Waals surface area contributed by atoms with Gasteiger partial charge in [0.15, 0.2) is 0 Å². The molecule has 0 aromatic heterocycles. The number of carbonyl (C=O) groups excluding carboxylic acids is 2. The Balaban J connectivity index is 1.47. The molecule has 1 amide bonds. The normalized spacial score (nSPS) is 22.0. The number of carbonyl (C=O) groups is 2. The highest BCUT2D eigenvalue weighted by Gasteiger charge is 2.35. The molecule has 164 valence electrons. The van der Waals surface area contributed by atoms with Crippen molar-refractivity contribution >= 4 is 29.3 Å². The first kappa shape index (κ1) is 21.9. The fourth-order valence-corrected chi connectivity index (χ4v) is 5.57. The molecule has 2 heterocycles. The van der Waals surface area contributed by atoms with Crippen LogP contribution in [0.5, 0.6) is 0 Å². The van der Waals surface area contributed by atoms with E-state index in [1.807, 2.05) is 24.0 Å². The van der Waals surface area contributed by atoms with Crippen LogP contribution in [0.3, 0.4) is 0 Å². The van der Waals surface area contributed by atoms with Crippen LogP contribution < -0.4 is 4.90 Å². The van der Waals surface area contributed by atoms with E-state index in [4.69, 9.17) is 4.74 Å². The minimum absolute atomic E-state index is 0.0482. The molecule has 2 atom stereocenters. The second-order valence-corrected chi connectivity index (χ2v) is 9.78. The highest BCUT2D eigenvalue weighted by atomic mass is 32.2. The van der Waals surface area contributed by atoms with E-state index in [0.29, 0.717) is 23.8 Å². The lowest BCUT2D eigenvalue weighted by atomic mass is 9.99. The number of likely N-dealkylation sites (tertiary alicyclic amines) is 1. The van der Waals surface area contributed by atoms with Crippen molar-refractivity contribution in [2.24, 2.45) is 5.92 Å². The van der Waals surface area contributed by atoms with Crippen LogP contribution in [-0.2, 0) is 9.53 Å². The van der Waals surface area contributed by atoms with E-state index >= 15 is 0 Å². The third kappa shape index (κ3) is 4.96. The second kappa shape index (κ2) is 9.45. The fraction of sp³-hybridized carbons (Fsp3) is 0.440. The number of nitrogens with zero attached hydrogens (tertiary/aromatic N) is 2. The van der Waals surface area contributed by atoms with Crippen LogP contribution in [-0.4, -0.2) is 49.3 Å². The highest BCUT2D eigenvalue weighted by molar-refractivity contribution is 8.00. The van der Waals surface area contributed by atoms with Crippen molar-refractivity contribution < 1.29 is 14.3 Å². The van der Waals surface area contributed by atoms with Crippen LogP contribution in [0.15, 0.2) is 42.5 Å². The molecule has 0 bridgehead atoms. The molecule has 0 N–H and O–H groups in total. The number of esters is 1. The fourth-order valence-electron chi connectivity index (χ4n) is 4.40. The number of hydrogen-bond donors (Lipinski definition) is 0. The second-order valence-electron chi connectivity index (χ2n) is 8.71. The first-order chi connectivity index (χ1) is 14.9. The maximum atomic E-state index is 12.7. The van der Waals surface area contributed by atoms with E-state index in [-0.39, 0.29) is 17.3 Å². The summed E-state index contributed by atoms with van der Waals surface area (Å²) in [6.07, 6.45) is 2.25. The third-order valence-corrected chi connectivity index (χ3v) is 7.31. The molecule has 5 nitrogen and oxygen atoms in total. The average molecular weight is 439 g/mol. The Morgan fingerprint density at radius 1 is 1.16 bits per heavy atom. The van der Waals surface area contributed by atoms with Crippen molar-refractivity contribution in [3.8, 4) is 0 Å². The summed E-state index contributed by atoms with van der Waals surface area (Å²) in [6, 6.07) is 13.8. The zero-order valence-electron chi connectivity index (χ0n) is 18.5. The summed E-state index contributed by atoms with van der Waals surface area (Å²) in [6.45, 7) is 6.55. The predicted molar refractivity (Wildman–Crippen MR) is 126 cm³/mol. The molecule has 2 unspecified atom stereocenters. The zero-order valence-corrected chi connectivity index (χ0v) is 19.3. The Kier molecular flexibility index (Phi) is 6.68. The van der Waals surface area contributed by atoms with Gasteiger partial charge in [0.2, 0.25) is 5.91 Å². The minimum atomic E-state index is -0.292. The van der Waals surface area contributed by atoms with Crippen molar-refractivity contribution in [2.45, 2.75) is 32.1 Å². The first-order valence-corrected chi connectivity index (χ1v) is 11.9. The van der Waals surface area contributed by atoms with E-state index in [2.05, 4.69) is 43.1 Å². The van der Waals surface area contributed by atoms with Gasteiger partial charge in [0, 0.05) is 18.2 Å². The Morgan fingerprint density at radius 3 is 2.65 bits per heavy atom. The number of ether oxygens (including phenoxy) is 1. The lowest BCUT2D eigenvalue weighted by Gasteiger charge is -2.29. The van der Waals surface area contributed by atoms with Crippen LogP contribution >= 0.6 is 11.8 Å². The number of hydrogen-bond acceptors (Lipinski definition) is 5. The summed E-state index contributed by atoms with van der Waals surface area (Å²) in [5.74, 6) is 0.658. The van der Waals surface area contributed by atoms with E-state index in [0.717, 1.165) is 42.7 Å². The predicted octanol–water partition coefficient (Wildman–Crippen LogP) is 4.58. The monoisotopic (exact) mass is 438 g/mol. The molecule has 0 saturated carbocycles. The molecule has 4 rings (SSSR count). The standard InChI is InChI=1S/C25H30N2O3S/c1-17-6-8-20(9-7-17)24-27(23(28)16-31-24)22-11-10-21(13-18(22)2)25(29)30-15-19-5-4-12-26(3)14-19/h6-11,13,19,24H,4-5,12,14-16H2,1-3H3. The molecular formula is C25H30N2O3S. The Morgan fingerprint density at radius 2 is 1.94 bits per heavy atom. The molecule has 0 spiro atoms. The maximum Gasteiger partial charge on any atom is 0.338 e. The maximum absolute atomic E-state index is 12.7. The van der Waals surface area contributed by atoms with Gasteiger partial charge < -0.3 is 9.64 Å². The molecule has 2 aliphatic heterocycles. The molecule has 2 fully saturated rings. The number of aryl methyl sites for hydroxylation is 2. The minimum Gasteiger partial charge on any atom is -0.462 e. The summed E-state index contributed by atoms with van der Waals surface area (Å²) >= 11 is 1.64. The van der Waals surface area contributed by atoms with Gasteiger partial charge in [-0.1, -0.05) is 29.8 Å². The van der Waals surface area contributed by atoms with Gasteiger partial charge in [-0.2, -0.15) is 0 Å². The average Bonchev–Trinajstić information content (AvgIpc) is 3.13. The number of piperidine rings is 1. The van der Waals surface area contributed by atoms with Gasteiger partial charge in [0.25, 0.3) is 0 Å². The quantitative estimate of drug-likeness (QED) is 0.640. The van der Waals surface area contributed by atoms with Gasteiger partial charge >= 0.3 is 5.97 Å². The number of rotatable bonds is 5. The van der Waals surface area contributed by atoms with E-state index in [1.54, 1.807) is 17.8 Å². The lowest BCUT2D eigenvalue weighted by Crippen LogP contribution is -2.34. The molecule has 0 aliphatic carbocycles. The number of benzene rings is 2. The Bertz CT molecular complexity index is 960. The van der Waals surface area contributed by atoms with Crippen molar-refractivity contribution in [3.05, 3.63) is 64.7 Å². The van der Waals surface area contributed by atoms with Crippen molar-refractivity contribution in [1.82, 2.24) is 4.90 Å². The zero-order chi connectivity index (χ0) is 22.0. The molecule has 2 aliphatic rings. The largest absolute Gasteiger partial charge is 0.462 e. The van der Waals surface area contributed by atoms with Crippen molar-refractivity contribution in [3.63, 3.8) is 0 Å². The molecule has 31 heavy (non-hydrogen) atoms. The lowest BCUT2D eigenvalue weighted by molar-refractivity contribution is -0.115. The first-order valence-electron chi connectivity index (χ1n) is 10.9. The van der Waals surface area contributed by atoms with Gasteiger partial charge in [-0.3, -0.25) is 9.69 Å². The SMILES string of the molecule is Cc1ccc(C2SCC(=O)N2c2ccc(C(=O)OCC3CCCN(C)C3)cc2C)cc1. The summed E-state index contributed by atoms with van der Waals surface area (Å²) < 4.78 is 5.61. The smallest absolute Gasteiger partial charge is 0.338 e. The summed E-state index contributed by atoms with van der Waals surface area (Å²) in [5, 5.41) is -0.0482. The Hall–Kier alpha value is -2.31. The molecule has 2 aromatic rings. The summed E-state index contributed by atoms with van der Waals surface area (Å²) in [5.41, 5.74) is 4.60. The van der Waals surface area contributed by atoms with Crippen LogP contribution in [0.25, 0.3) is 0 Å². The van der Waals surface area contributed by atoms with E-state index in [1.165, 1.54) is 5.56 Å². The number of amides is 1. The van der Waals surface area contributed by atoms with Crippen LogP contribution in [0.4, 0.5) is 5.69 Å². The Labute approximate surface area is 188 Å². The van der Waals surface area contributed by atoms with Crippen molar-refractivity contribution in [2.75, 3.05) is 37.4 Å².